The van der Waals surface area contributed by atoms with Gasteiger partial charge in [-0.15, -0.1) is 0 Å². The molecule has 6 nitrogen and oxygen atoms in total. The average molecular weight is 407 g/mol. The lowest BCUT2D eigenvalue weighted by atomic mass is 9.92. The molecule has 0 saturated carbocycles. The van der Waals surface area contributed by atoms with Gasteiger partial charge in [0.15, 0.2) is 6.67 Å². The van der Waals surface area contributed by atoms with Crippen molar-refractivity contribution in [2.45, 2.75) is 19.0 Å². The fourth-order valence-corrected chi connectivity index (χ4v) is 3.53. The summed E-state index contributed by atoms with van der Waals surface area (Å²) >= 11 is 6.08. The van der Waals surface area contributed by atoms with Crippen molar-refractivity contribution in [3.63, 3.8) is 0 Å². The van der Waals surface area contributed by atoms with Crippen molar-refractivity contribution in [2.24, 2.45) is 0 Å². The fraction of sp³-hybridized carbons (Fsp3) is 0.300. The predicted molar refractivity (Wildman–Crippen MR) is 103 cm³/mol. The van der Waals surface area contributed by atoms with Gasteiger partial charge in [0, 0.05) is 0 Å². The number of carbonyl (C=O) groups excluding carboxylic acids is 2. The topological polar surface area (TPSA) is 63.1 Å². The second-order valence-corrected chi connectivity index (χ2v) is 7.42. The van der Waals surface area contributed by atoms with Gasteiger partial charge in [-0.05, 0) is 36.8 Å². The molecule has 3 rings (SSSR count). The smallest absolute Gasteiger partial charge is 0.329 e. The third-order valence-electron chi connectivity index (χ3n) is 4.89. The quantitative estimate of drug-likeness (QED) is 0.720. The number of carbonyl (C=O) groups is 2. The summed E-state index contributed by atoms with van der Waals surface area (Å²) in [5, 5.41) is 3.08. The molecule has 1 aliphatic rings. The Balaban J connectivity index is 1.78. The number of benzene rings is 2. The van der Waals surface area contributed by atoms with Crippen LogP contribution < -0.4 is 15.0 Å². The molecule has 0 aromatic heterocycles. The van der Waals surface area contributed by atoms with Gasteiger partial charge in [-0.25, -0.2) is 14.1 Å². The molecule has 1 unspecified atom stereocenters. The molecule has 2 aromatic carbocycles. The van der Waals surface area contributed by atoms with Crippen molar-refractivity contribution in [1.82, 2.24) is 10.2 Å². The number of rotatable bonds is 6. The molecule has 0 radical (unpaired) electrons. The molecular formula is C20H22ClFN3O3+. The number of quaternary nitrogens is 1. The molecule has 1 fully saturated rings. The molecule has 8 heteroatoms. The number of halogens is 2. The van der Waals surface area contributed by atoms with Gasteiger partial charge in [0.2, 0.25) is 0 Å². The Kier molecular flexibility index (Phi) is 5.58. The minimum Gasteiger partial charge on any atom is -0.497 e. The highest BCUT2D eigenvalue weighted by molar-refractivity contribution is 6.31. The Labute approximate surface area is 167 Å². The van der Waals surface area contributed by atoms with E-state index in [9.17, 15) is 14.0 Å². The molecule has 1 heterocycles. The third-order valence-corrected chi connectivity index (χ3v) is 5.24. The van der Waals surface area contributed by atoms with E-state index in [1.165, 1.54) is 19.2 Å². The number of nitrogens with zero attached hydrogens (tertiary/aromatic N) is 1. The lowest BCUT2D eigenvalue weighted by Crippen LogP contribution is -3.09. The van der Waals surface area contributed by atoms with Crippen LogP contribution >= 0.6 is 11.6 Å². The second-order valence-electron chi connectivity index (χ2n) is 7.01. The Hall–Kier alpha value is -2.64. The number of urea groups is 1. The third kappa shape index (κ3) is 3.68. The van der Waals surface area contributed by atoms with E-state index in [0.29, 0.717) is 21.9 Å². The molecule has 0 spiro atoms. The largest absolute Gasteiger partial charge is 0.497 e. The minimum absolute atomic E-state index is 0.0783. The zero-order valence-electron chi connectivity index (χ0n) is 15.9. The van der Waals surface area contributed by atoms with Crippen LogP contribution in [-0.4, -0.2) is 37.7 Å². The summed E-state index contributed by atoms with van der Waals surface area (Å²) in [7, 11) is 3.31. The van der Waals surface area contributed by atoms with E-state index in [1.54, 1.807) is 44.3 Å². The Morgan fingerprint density at radius 3 is 2.64 bits per heavy atom. The summed E-state index contributed by atoms with van der Waals surface area (Å²) in [6, 6.07) is 11.0. The molecular weight excluding hydrogens is 385 g/mol. The summed E-state index contributed by atoms with van der Waals surface area (Å²) < 4.78 is 19.2. The van der Waals surface area contributed by atoms with Crippen LogP contribution in [-0.2, 0) is 16.9 Å². The first-order chi connectivity index (χ1) is 13.3. The van der Waals surface area contributed by atoms with E-state index < -0.39 is 17.4 Å². The van der Waals surface area contributed by atoms with Gasteiger partial charge in [-0.3, -0.25) is 4.79 Å². The number of ether oxygens (including phenoxy) is 1. The van der Waals surface area contributed by atoms with E-state index in [2.05, 4.69) is 5.32 Å². The first kappa shape index (κ1) is 20.1. The van der Waals surface area contributed by atoms with Crippen LogP contribution in [0.4, 0.5) is 9.18 Å². The van der Waals surface area contributed by atoms with Gasteiger partial charge >= 0.3 is 6.03 Å². The summed E-state index contributed by atoms with van der Waals surface area (Å²) in [4.78, 5) is 27.4. The molecule has 0 aliphatic carbocycles. The van der Waals surface area contributed by atoms with E-state index in [4.69, 9.17) is 16.3 Å². The fourth-order valence-electron chi connectivity index (χ4n) is 3.30. The Morgan fingerprint density at radius 2 is 1.96 bits per heavy atom. The maximum Gasteiger partial charge on any atom is 0.329 e. The van der Waals surface area contributed by atoms with Crippen molar-refractivity contribution in [1.29, 1.82) is 0 Å². The Bertz CT molecular complexity index is 903. The number of hydrogen-bond acceptors (Lipinski definition) is 3. The highest BCUT2D eigenvalue weighted by Crippen LogP contribution is 2.30. The molecule has 2 N–H and O–H groups in total. The molecule has 28 heavy (non-hydrogen) atoms. The molecule has 1 aliphatic heterocycles. The van der Waals surface area contributed by atoms with Crippen molar-refractivity contribution >= 4 is 23.5 Å². The zero-order chi connectivity index (χ0) is 20.5. The molecule has 2 atom stereocenters. The zero-order valence-corrected chi connectivity index (χ0v) is 16.6. The van der Waals surface area contributed by atoms with Crippen LogP contribution in [0.1, 0.15) is 18.1 Å². The number of amides is 3. The van der Waals surface area contributed by atoms with Gasteiger partial charge in [0.1, 0.15) is 23.7 Å². The highest BCUT2D eigenvalue weighted by Gasteiger charge is 2.50. The number of imide groups is 1. The lowest BCUT2D eigenvalue weighted by molar-refractivity contribution is -0.901. The number of hydrogen-bond donors (Lipinski definition) is 2. The second kappa shape index (κ2) is 7.77. The molecule has 148 valence electrons. The van der Waals surface area contributed by atoms with Crippen molar-refractivity contribution in [2.75, 3.05) is 20.8 Å². The molecule has 1 saturated heterocycles. The minimum atomic E-state index is -1.19. The average Bonchev–Trinajstić information content (AvgIpc) is 2.89. The summed E-state index contributed by atoms with van der Waals surface area (Å²) in [5.41, 5.74) is -0.214. The van der Waals surface area contributed by atoms with Crippen LogP contribution in [0.3, 0.4) is 0 Å². The predicted octanol–water partition coefficient (Wildman–Crippen LogP) is 1.93. The SMILES string of the molecule is COc1cccc([C@]2(C)NC(=O)N(C[NH+](C)Cc3c(F)cccc3Cl)C2=O)c1. The van der Waals surface area contributed by atoms with Crippen LogP contribution in [0.15, 0.2) is 42.5 Å². The van der Waals surface area contributed by atoms with Gasteiger partial charge in [0.25, 0.3) is 5.91 Å². The van der Waals surface area contributed by atoms with E-state index in [0.717, 1.165) is 9.80 Å². The number of methoxy groups -OCH3 is 1. The van der Waals surface area contributed by atoms with Gasteiger partial charge < -0.3 is 15.0 Å². The lowest BCUT2D eigenvalue weighted by Gasteiger charge is -2.24. The molecule has 0 bridgehead atoms. The highest BCUT2D eigenvalue weighted by atomic mass is 35.5. The van der Waals surface area contributed by atoms with Crippen LogP contribution in [0, 0.1) is 5.82 Å². The van der Waals surface area contributed by atoms with Gasteiger partial charge in [-0.1, -0.05) is 29.8 Å². The summed E-state index contributed by atoms with van der Waals surface area (Å²) in [6.45, 7) is 1.97. The van der Waals surface area contributed by atoms with Crippen molar-refractivity contribution in [3.05, 3.63) is 64.4 Å². The maximum atomic E-state index is 14.0. The van der Waals surface area contributed by atoms with Crippen LogP contribution in [0.2, 0.25) is 5.02 Å². The van der Waals surface area contributed by atoms with E-state index >= 15 is 0 Å². The molecule has 3 amide bonds. The monoisotopic (exact) mass is 406 g/mol. The van der Waals surface area contributed by atoms with E-state index in [-0.39, 0.29) is 19.1 Å². The summed E-state index contributed by atoms with van der Waals surface area (Å²) in [6.07, 6.45) is 0. The normalized spacial score (nSPS) is 20.2. The van der Waals surface area contributed by atoms with Crippen molar-refractivity contribution < 1.29 is 23.6 Å². The van der Waals surface area contributed by atoms with Gasteiger partial charge in [-0.2, -0.15) is 0 Å². The van der Waals surface area contributed by atoms with Crippen LogP contribution in [0.25, 0.3) is 0 Å². The Morgan fingerprint density at radius 1 is 1.25 bits per heavy atom. The van der Waals surface area contributed by atoms with Crippen LogP contribution in [0.5, 0.6) is 5.75 Å². The summed E-state index contributed by atoms with van der Waals surface area (Å²) in [5.74, 6) is -0.189. The maximum absolute atomic E-state index is 14.0. The van der Waals surface area contributed by atoms with Crippen molar-refractivity contribution in [3.8, 4) is 5.75 Å². The molecule has 2 aromatic rings. The standard InChI is InChI=1S/C20H21ClFN3O3/c1-20(13-6-4-7-14(10-13)28-3)18(26)25(19(27)23-20)12-24(2)11-15-16(21)8-5-9-17(15)22/h4-10H,11-12H2,1-3H3,(H,23,27)/p+1/t20-/m0/s1. The van der Waals surface area contributed by atoms with Gasteiger partial charge in [0.05, 0.1) is 24.7 Å². The first-order valence-electron chi connectivity index (χ1n) is 8.79. The first-order valence-corrected chi connectivity index (χ1v) is 9.17. The number of nitrogens with one attached hydrogen (secondary N) is 2. The van der Waals surface area contributed by atoms with E-state index in [1.807, 2.05) is 0 Å².